The zero-order valence-electron chi connectivity index (χ0n) is 27.2. The van der Waals surface area contributed by atoms with Crippen molar-refractivity contribution >= 4 is 22.7 Å². The van der Waals surface area contributed by atoms with Crippen LogP contribution in [0.1, 0.15) is 64.1 Å². The highest BCUT2D eigenvalue weighted by atomic mass is 19.4. The first-order valence-electron chi connectivity index (χ1n) is 15.6. The largest absolute Gasteiger partial charge is 0.417 e. The summed E-state index contributed by atoms with van der Waals surface area (Å²) in [5.41, 5.74) is 6.85. The van der Waals surface area contributed by atoms with Crippen molar-refractivity contribution in [3.8, 4) is 0 Å². The minimum atomic E-state index is -4.52. The van der Waals surface area contributed by atoms with E-state index < -0.39 is 11.7 Å². The van der Waals surface area contributed by atoms with Crippen molar-refractivity contribution in [2.75, 3.05) is 45.6 Å². The molecule has 248 valence electrons. The number of hydrogen-bond acceptors (Lipinski definition) is 6. The molecule has 46 heavy (non-hydrogen) atoms. The van der Waals surface area contributed by atoms with E-state index in [1.54, 1.807) is 6.08 Å². The number of halogens is 3. The lowest BCUT2D eigenvalue weighted by molar-refractivity contribution is -0.137. The molecule has 2 aromatic rings. The van der Waals surface area contributed by atoms with E-state index in [2.05, 4.69) is 71.4 Å². The molecule has 0 atom stereocenters. The van der Waals surface area contributed by atoms with Crippen LogP contribution in [0, 0.1) is 0 Å². The van der Waals surface area contributed by atoms with Gasteiger partial charge in [-0.15, -0.1) is 0 Å². The number of anilines is 1. The second kappa shape index (κ2) is 15.0. The molecule has 0 spiro atoms. The second-order valence-corrected chi connectivity index (χ2v) is 12.1. The summed E-state index contributed by atoms with van der Waals surface area (Å²) in [6, 6.07) is 3.11. The Bertz CT molecular complexity index is 1610. The minimum Gasteiger partial charge on any atom is -0.373 e. The van der Waals surface area contributed by atoms with Crippen molar-refractivity contribution < 1.29 is 20.8 Å². The lowest BCUT2D eigenvalue weighted by atomic mass is 9.91. The molecular weight excluding hydrogens is 587 g/mol. The first-order valence-corrected chi connectivity index (χ1v) is 15.6. The molecule has 1 aliphatic carbocycles. The molecule has 2 aromatic heterocycles. The van der Waals surface area contributed by atoms with E-state index in [1.165, 1.54) is 6.20 Å². The topological polar surface area (TPSA) is 61.4 Å². The number of ketones is 1. The first kappa shape index (κ1) is 34.8. The molecule has 1 N–H and O–H groups in total. The first-order chi connectivity index (χ1) is 21.8. The van der Waals surface area contributed by atoms with Crippen LogP contribution >= 0.6 is 0 Å². The van der Waals surface area contributed by atoms with E-state index in [4.69, 9.17) is 0 Å². The van der Waals surface area contributed by atoms with Crippen molar-refractivity contribution in [2.24, 2.45) is 0 Å². The molecule has 0 aromatic carbocycles. The molecule has 9 heteroatoms. The summed E-state index contributed by atoms with van der Waals surface area (Å²) >= 11 is 0. The Kier molecular flexibility index (Phi) is 11.3. The number of nitrogens with one attached hydrogen (secondary N) is 1. The molecule has 0 amide bonds. The van der Waals surface area contributed by atoms with Crippen molar-refractivity contribution in [1.82, 2.24) is 19.8 Å². The number of carbonyl (C=O) groups is 1. The Morgan fingerprint density at radius 2 is 1.89 bits per heavy atom. The highest BCUT2D eigenvalue weighted by molar-refractivity contribution is 6.06. The summed E-state index contributed by atoms with van der Waals surface area (Å²) in [4.78, 5) is 26.4. The lowest BCUT2D eigenvalue weighted by Crippen LogP contribution is -2.31. The molecule has 0 saturated heterocycles. The maximum absolute atomic E-state index is 13.3. The van der Waals surface area contributed by atoms with Gasteiger partial charge in [0.2, 0.25) is 0 Å². The smallest absolute Gasteiger partial charge is 0.373 e. The third-order valence-corrected chi connectivity index (χ3v) is 8.57. The summed E-state index contributed by atoms with van der Waals surface area (Å²) < 4.78 is 39.5. The zero-order chi connectivity index (χ0) is 33.6. The average molecular weight is 636 g/mol. The average Bonchev–Trinajstić information content (AvgIpc) is 3.36. The molecule has 0 saturated carbocycles. The van der Waals surface area contributed by atoms with Crippen LogP contribution in [0.15, 0.2) is 91.0 Å². The van der Waals surface area contributed by atoms with Crippen LogP contribution in [-0.4, -0.2) is 65.8 Å². The maximum Gasteiger partial charge on any atom is 0.417 e. The number of carbonyl (C=O) groups excluding carboxylic acids is 1. The number of Topliss-reactive ketones (excluding diaryl/α,β-unsaturated/α-hetero) is 1. The van der Waals surface area contributed by atoms with Crippen molar-refractivity contribution in [3.63, 3.8) is 0 Å². The summed E-state index contributed by atoms with van der Waals surface area (Å²) in [5, 5.41) is 3.19. The van der Waals surface area contributed by atoms with Gasteiger partial charge in [0, 0.05) is 65.7 Å². The Morgan fingerprint density at radius 3 is 2.59 bits per heavy atom. The van der Waals surface area contributed by atoms with Gasteiger partial charge >= 0.3 is 6.18 Å². The number of rotatable bonds is 15. The number of nitrogens with zero attached hydrogens (tertiary/aromatic N) is 4. The van der Waals surface area contributed by atoms with Crippen molar-refractivity contribution in [2.45, 2.75) is 51.7 Å². The summed E-state index contributed by atoms with van der Waals surface area (Å²) in [6.45, 7) is 23.1. The van der Waals surface area contributed by atoms with Gasteiger partial charge in [0.15, 0.2) is 5.78 Å². The number of aromatic nitrogens is 2. The van der Waals surface area contributed by atoms with Gasteiger partial charge < -0.3 is 10.2 Å². The Hall–Kier alpha value is -4.08. The fraction of sp³-hybridized carbons (Fsp3) is 0.378. The van der Waals surface area contributed by atoms with Gasteiger partial charge in [-0.25, -0.2) is 4.98 Å². The predicted octanol–water partition coefficient (Wildman–Crippen LogP) is 8.39. The third-order valence-electron chi connectivity index (χ3n) is 8.57. The fourth-order valence-corrected chi connectivity index (χ4v) is 6.00. The zero-order valence-corrected chi connectivity index (χ0v) is 27.2. The molecule has 0 unspecified atom stereocenters. The van der Waals surface area contributed by atoms with Gasteiger partial charge in [0.25, 0.3) is 0 Å². The van der Waals surface area contributed by atoms with E-state index >= 15 is 0 Å². The van der Waals surface area contributed by atoms with E-state index in [1.807, 2.05) is 13.2 Å². The molecule has 3 heterocycles. The molecule has 4 rings (SSSR count). The normalized spacial score (nSPS) is 15.2. The molecule has 0 radical (unpaired) electrons. The fourth-order valence-electron chi connectivity index (χ4n) is 6.00. The van der Waals surface area contributed by atoms with Gasteiger partial charge in [-0.1, -0.05) is 33.2 Å². The number of alkyl halides is 3. The van der Waals surface area contributed by atoms with Crippen molar-refractivity contribution in [3.05, 3.63) is 113 Å². The highest BCUT2D eigenvalue weighted by Gasteiger charge is 2.32. The maximum atomic E-state index is 13.3. The summed E-state index contributed by atoms with van der Waals surface area (Å²) in [6.07, 6.45) is 4.80. The van der Waals surface area contributed by atoms with Gasteiger partial charge in [0.1, 0.15) is 5.82 Å². The van der Waals surface area contributed by atoms with E-state index in [-0.39, 0.29) is 20.6 Å². The van der Waals surface area contributed by atoms with Crippen LogP contribution in [-0.2, 0) is 17.5 Å². The number of pyridine rings is 2. The molecule has 0 bridgehead atoms. The SMILES string of the molecule is C=C1C=C(C(=O)CC(=C)c2cncc(C(F)(F)F)c2)C2=C1CN(Cc1cnc(NC)c(C(=C)C(=C)CCCN(C)CCC)c1)CC2.[HH].[HH]. The van der Waals surface area contributed by atoms with Gasteiger partial charge in [-0.3, -0.25) is 14.7 Å². The van der Waals surface area contributed by atoms with E-state index in [0.29, 0.717) is 30.7 Å². The highest BCUT2D eigenvalue weighted by Crippen LogP contribution is 2.38. The Labute approximate surface area is 273 Å². The number of allylic oxidation sites excluding steroid dienone is 5. The minimum absolute atomic E-state index is 0. The Morgan fingerprint density at radius 1 is 1.13 bits per heavy atom. The van der Waals surface area contributed by atoms with Crippen LogP contribution in [0.25, 0.3) is 11.1 Å². The second-order valence-electron chi connectivity index (χ2n) is 12.1. The van der Waals surface area contributed by atoms with E-state index in [9.17, 15) is 18.0 Å². The van der Waals surface area contributed by atoms with Gasteiger partial charge in [-0.05, 0) is 109 Å². The molecule has 0 fully saturated rings. The lowest BCUT2D eigenvalue weighted by Gasteiger charge is -2.29. The number of hydrogen-bond donors (Lipinski definition) is 1. The van der Waals surface area contributed by atoms with Crippen LogP contribution in [0.2, 0.25) is 0 Å². The molecular formula is C37H48F3N5O. The summed E-state index contributed by atoms with van der Waals surface area (Å²) in [7, 11) is 3.99. The standard InChI is InChI=1S/C37H44F3N5O.2H2/c1-8-12-44(7)13-9-10-24(2)27(5)32-17-28(19-43-36(32)41-6)22-45-14-11-31-33(15-26(4)34(31)23-45)35(46)16-25(3)29-18-30(21-42-20-29)37(38,39)40;;/h15,17-21H,2-5,8-14,16,22-23H2,1,6-7H3,(H,41,43);2*1H. The Balaban J connectivity index is 0.00000400. The molecule has 2 aliphatic rings. The van der Waals surface area contributed by atoms with Crippen LogP contribution in [0.3, 0.4) is 0 Å². The molecule has 1 aliphatic heterocycles. The quantitative estimate of drug-likeness (QED) is 0.198. The van der Waals surface area contributed by atoms with Crippen molar-refractivity contribution in [1.29, 1.82) is 0 Å². The summed E-state index contributed by atoms with van der Waals surface area (Å²) in [5.74, 6) is 0.579. The third kappa shape index (κ3) is 8.39. The van der Waals surface area contributed by atoms with Crippen LogP contribution < -0.4 is 5.32 Å². The van der Waals surface area contributed by atoms with Crippen LogP contribution in [0.5, 0.6) is 0 Å². The van der Waals surface area contributed by atoms with Crippen LogP contribution in [0.4, 0.5) is 19.0 Å². The monoisotopic (exact) mass is 635 g/mol. The van der Waals surface area contributed by atoms with Gasteiger partial charge in [0.05, 0.1) is 5.56 Å². The van der Waals surface area contributed by atoms with Gasteiger partial charge in [-0.2, -0.15) is 13.2 Å². The van der Waals surface area contributed by atoms with E-state index in [0.717, 1.165) is 96.0 Å². The predicted molar refractivity (Wildman–Crippen MR) is 185 cm³/mol. The molecule has 6 nitrogen and oxygen atoms in total.